The molecule has 9 heavy (non-hydrogen) atoms. The average molecular weight is 126 g/mol. The number of carboxylic acid groups (broad SMARTS) is 1. The first-order valence-electron chi connectivity index (χ1n) is 3.09. The third-order valence-corrected chi connectivity index (χ3v) is 1.71. The van der Waals surface area contributed by atoms with E-state index in [-0.39, 0.29) is 5.92 Å². The van der Waals surface area contributed by atoms with E-state index >= 15 is 0 Å². The van der Waals surface area contributed by atoms with Gasteiger partial charge in [-0.3, -0.25) is 4.79 Å². The predicted molar refractivity (Wildman–Crippen MR) is 34.0 cm³/mol. The van der Waals surface area contributed by atoms with Crippen LogP contribution in [0, 0.1) is 11.8 Å². The molecule has 0 aromatic rings. The Labute approximate surface area is 54.2 Å². The highest BCUT2D eigenvalue weighted by molar-refractivity contribution is 5.73. The first-order valence-corrected chi connectivity index (χ1v) is 3.09. The third kappa shape index (κ3) is 1.31. The van der Waals surface area contributed by atoms with Crippen LogP contribution < -0.4 is 0 Å². The Kier molecular flexibility index (Phi) is 1.56. The monoisotopic (exact) mass is 126 g/mol. The Balaban J connectivity index is 2.24. The quantitative estimate of drug-likeness (QED) is 0.578. The number of aliphatic carboxylic acids is 1. The molecule has 50 valence electrons. The Morgan fingerprint density at radius 3 is 2.89 bits per heavy atom. The molecule has 1 rings (SSSR count). The van der Waals surface area contributed by atoms with Crippen molar-refractivity contribution in [3.63, 3.8) is 0 Å². The van der Waals surface area contributed by atoms with Crippen LogP contribution >= 0.6 is 0 Å². The molecule has 1 N–H and O–H groups in total. The fourth-order valence-corrected chi connectivity index (χ4v) is 1.02. The van der Waals surface area contributed by atoms with Crippen LogP contribution in [0.2, 0.25) is 0 Å². The minimum absolute atomic E-state index is 0.0667. The largest absolute Gasteiger partial charge is 0.481 e. The van der Waals surface area contributed by atoms with E-state index in [9.17, 15) is 4.79 Å². The Morgan fingerprint density at radius 1 is 1.89 bits per heavy atom. The fraction of sp³-hybridized carbons (Fsp3) is 0.571. The second-order valence-electron chi connectivity index (χ2n) is 2.46. The standard InChI is InChI=1S/C7H10O2/c1-2-3-5-4-6(5)7(8)9/h2,5-6H,1,3-4H2,(H,8,9). The van der Waals surface area contributed by atoms with Gasteiger partial charge in [0, 0.05) is 0 Å². The maximum atomic E-state index is 10.2. The highest BCUT2D eigenvalue weighted by atomic mass is 16.4. The first-order chi connectivity index (χ1) is 4.25. The lowest BCUT2D eigenvalue weighted by atomic mass is 10.2. The molecule has 1 fully saturated rings. The zero-order valence-electron chi connectivity index (χ0n) is 5.21. The van der Waals surface area contributed by atoms with Crippen molar-refractivity contribution < 1.29 is 9.90 Å². The first kappa shape index (κ1) is 6.33. The molecular formula is C7H10O2. The summed E-state index contributed by atoms with van der Waals surface area (Å²) in [5.41, 5.74) is 0. The van der Waals surface area contributed by atoms with E-state index in [4.69, 9.17) is 5.11 Å². The maximum absolute atomic E-state index is 10.2. The van der Waals surface area contributed by atoms with Gasteiger partial charge in [0.2, 0.25) is 0 Å². The topological polar surface area (TPSA) is 37.3 Å². The smallest absolute Gasteiger partial charge is 0.306 e. The Hall–Kier alpha value is -0.790. The molecule has 0 radical (unpaired) electrons. The summed E-state index contributed by atoms with van der Waals surface area (Å²) in [5.74, 6) is -0.329. The highest BCUT2D eigenvalue weighted by Gasteiger charge is 2.41. The lowest BCUT2D eigenvalue weighted by Gasteiger charge is -1.86. The van der Waals surface area contributed by atoms with Gasteiger partial charge in [0.15, 0.2) is 0 Å². The minimum atomic E-state index is -0.651. The molecule has 1 saturated carbocycles. The van der Waals surface area contributed by atoms with E-state index in [1.165, 1.54) is 0 Å². The SMILES string of the molecule is C=CCC1CC1C(=O)O. The summed E-state index contributed by atoms with van der Waals surface area (Å²) in [6.07, 6.45) is 3.49. The van der Waals surface area contributed by atoms with Gasteiger partial charge in [-0.05, 0) is 18.8 Å². The van der Waals surface area contributed by atoms with Crippen LogP contribution in [0.1, 0.15) is 12.8 Å². The van der Waals surface area contributed by atoms with Gasteiger partial charge in [-0.15, -0.1) is 6.58 Å². The summed E-state index contributed by atoms with van der Waals surface area (Å²) in [6, 6.07) is 0. The van der Waals surface area contributed by atoms with Crippen LogP contribution in [-0.2, 0) is 4.79 Å². The summed E-state index contributed by atoms with van der Waals surface area (Å²) >= 11 is 0. The van der Waals surface area contributed by atoms with Crippen molar-refractivity contribution >= 4 is 5.97 Å². The van der Waals surface area contributed by atoms with Crippen molar-refractivity contribution in [1.82, 2.24) is 0 Å². The Morgan fingerprint density at radius 2 is 2.56 bits per heavy atom. The summed E-state index contributed by atoms with van der Waals surface area (Å²) in [7, 11) is 0. The van der Waals surface area contributed by atoms with Crippen LogP contribution in [0.25, 0.3) is 0 Å². The number of hydrogen-bond donors (Lipinski definition) is 1. The van der Waals surface area contributed by atoms with E-state index in [1.54, 1.807) is 6.08 Å². The van der Waals surface area contributed by atoms with Crippen LogP contribution in [0.15, 0.2) is 12.7 Å². The molecule has 0 aliphatic heterocycles. The molecule has 0 amide bonds. The van der Waals surface area contributed by atoms with Gasteiger partial charge in [-0.1, -0.05) is 6.08 Å². The van der Waals surface area contributed by atoms with Crippen molar-refractivity contribution in [1.29, 1.82) is 0 Å². The molecule has 0 aromatic heterocycles. The average Bonchev–Trinajstić information content (AvgIpc) is 2.47. The third-order valence-electron chi connectivity index (χ3n) is 1.71. The number of carbonyl (C=O) groups is 1. The van der Waals surface area contributed by atoms with Crippen molar-refractivity contribution in [3.05, 3.63) is 12.7 Å². The summed E-state index contributed by atoms with van der Waals surface area (Å²) in [6.45, 7) is 3.54. The molecule has 0 saturated heterocycles. The Bertz CT molecular complexity index is 140. The molecule has 1 aliphatic carbocycles. The second kappa shape index (κ2) is 2.21. The predicted octanol–water partition coefficient (Wildman–Crippen LogP) is 1.28. The zero-order valence-corrected chi connectivity index (χ0v) is 5.21. The van der Waals surface area contributed by atoms with Gasteiger partial charge >= 0.3 is 5.97 Å². The summed E-state index contributed by atoms with van der Waals surface area (Å²) in [4.78, 5) is 10.2. The number of allylic oxidation sites excluding steroid dienone is 1. The molecule has 2 unspecified atom stereocenters. The van der Waals surface area contributed by atoms with Gasteiger partial charge < -0.3 is 5.11 Å². The maximum Gasteiger partial charge on any atom is 0.306 e. The van der Waals surface area contributed by atoms with Gasteiger partial charge in [-0.25, -0.2) is 0 Å². The van der Waals surface area contributed by atoms with Crippen LogP contribution in [0.3, 0.4) is 0 Å². The van der Waals surface area contributed by atoms with Crippen molar-refractivity contribution in [2.24, 2.45) is 11.8 Å². The lowest BCUT2D eigenvalue weighted by molar-refractivity contribution is -0.138. The van der Waals surface area contributed by atoms with E-state index in [2.05, 4.69) is 6.58 Å². The number of carboxylic acids is 1. The van der Waals surface area contributed by atoms with E-state index in [0.29, 0.717) is 5.92 Å². The second-order valence-corrected chi connectivity index (χ2v) is 2.46. The molecule has 0 spiro atoms. The molecular weight excluding hydrogens is 116 g/mol. The van der Waals surface area contributed by atoms with E-state index in [1.807, 2.05) is 0 Å². The molecule has 2 heteroatoms. The van der Waals surface area contributed by atoms with E-state index < -0.39 is 5.97 Å². The highest BCUT2D eigenvalue weighted by Crippen LogP contribution is 2.41. The molecule has 2 nitrogen and oxygen atoms in total. The number of hydrogen-bond acceptors (Lipinski definition) is 1. The summed E-state index contributed by atoms with van der Waals surface area (Å²) < 4.78 is 0. The van der Waals surface area contributed by atoms with Crippen molar-refractivity contribution in [2.75, 3.05) is 0 Å². The van der Waals surface area contributed by atoms with Gasteiger partial charge in [-0.2, -0.15) is 0 Å². The fourth-order valence-electron chi connectivity index (χ4n) is 1.02. The van der Waals surface area contributed by atoms with Crippen LogP contribution in [-0.4, -0.2) is 11.1 Å². The van der Waals surface area contributed by atoms with Crippen molar-refractivity contribution in [2.45, 2.75) is 12.8 Å². The molecule has 1 aliphatic rings. The minimum Gasteiger partial charge on any atom is -0.481 e. The summed E-state index contributed by atoms with van der Waals surface area (Å²) in [5, 5.41) is 8.42. The van der Waals surface area contributed by atoms with E-state index in [0.717, 1.165) is 12.8 Å². The zero-order chi connectivity index (χ0) is 6.85. The molecule has 0 aromatic carbocycles. The van der Waals surface area contributed by atoms with Crippen molar-refractivity contribution in [3.8, 4) is 0 Å². The van der Waals surface area contributed by atoms with Gasteiger partial charge in [0.1, 0.15) is 0 Å². The molecule has 2 atom stereocenters. The molecule has 0 heterocycles. The van der Waals surface area contributed by atoms with Crippen LogP contribution in [0.4, 0.5) is 0 Å². The van der Waals surface area contributed by atoms with Gasteiger partial charge in [0.25, 0.3) is 0 Å². The van der Waals surface area contributed by atoms with Gasteiger partial charge in [0.05, 0.1) is 5.92 Å². The van der Waals surface area contributed by atoms with Crippen LogP contribution in [0.5, 0.6) is 0 Å². The number of rotatable bonds is 3. The normalized spacial score (nSPS) is 31.6. The molecule has 0 bridgehead atoms. The lowest BCUT2D eigenvalue weighted by Crippen LogP contribution is -1.98.